The molecule has 0 N–H and O–H groups in total. The zero-order valence-electron chi connectivity index (χ0n) is 14.9. The Balaban J connectivity index is 1.91. The van der Waals surface area contributed by atoms with Crippen LogP contribution >= 0.6 is 0 Å². The Kier molecular flexibility index (Phi) is 7.54. The number of ether oxygens (including phenoxy) is 1. The summed E-state index contributed by atoms with van der Waals surface area (Å²) < 4.78 is 5.01. The maximum atomic E-state index is 11.7. The summed E-state index contributed by atoms with van der Waals surface area (Å²) in [5.41, 5.74) is 4.31. The minimum Gasteiger partial charge on any atom is -0.462 e. The molecule has 0 heterocycles. The number of unbranched alkanes of at least 4 members (excludes halogenated alkanes) is 4. The van der Waals surface area contributed by atoms with Gasteiger partial charge in [0.05, 0.1) is 12.2 Å². The maximum absolute atomic E-state index is 11.7. The molecule has 2 nitrogen and oxygen atoms in total. The van der Waals surface area contributed by atoms with Gasteiger partial charge in [0.15, 0.2) is 0 Å². The average molecular weight is 324 g/mol. The summed E-state index contributed by atoms with van der Waals surface area (Å²) in [5.74, 6) is -0.262. The Morgan fingerprint density at radius 1 is 0.792 bits per heavy atom. The largest absolute Gasteiger partial charge is 0.462 e. The second-order valence-corrected chi connectivity index (χ2v) is 6.16. The highest BCUT2D eigenvalue weighted by molar-refractivity contribution is 5.90. The third kappa shape index (κ3) is 5.52. The maximum Gasteiger partial charge on any atom is 0.338 e. The molecule has 0 aliphatic heterocycles. The van der Waals surface area contributed by atoms with Crippen LogP contribution in [0.4, 0.5) is 0 Å². The van der Waals surface area contributed by atoms with Gasteiger partial charge < -0.3 is 4.74 Å². The lowest BCUT2D eigenvalue weighted by Crippen LogP contribution is -2.03. The van der Waals surface area contributed by atoms with Crippen LogP contribution in [-0.4, -0.2) is 12.6 Å². The van der Waals surface area contributed by atoms with E-state index in [1.807, 2.05) is 31.2 Å². The van der Waals surface area contributed by atoms with E-state index in [9.17, 15) is 4.79 Å². The van der Waals surface area contributed by atoms with Crippen molar-refractivity contribution in [2.75, 3.05) is 6.61 Å². The Labute approximate surface area is 145 Å². The van der Waals surface area contributed by atoms with E-state index in [1.54, 1.807) is 0 Å². The zero-order valence-corrected chi connectivity index (χ0v) is 14.9. The molecule has 0 fully saturated rings. The topological polar surface area (TPSA) is 26.3 Å². The first kappa shape index (κ1) is 18.3. The third-order valence-corrected chi connectivity index (χ3v) is 4.25. The summed E-state index contributed by atoms with van der Waals surface area (Å²) in [5, 5.41) is 0. The number of carbonyl (C=O) groups excluding carboxylic acids is 1. The molecule has 0 aliphatic rings. The van der Waals surface area contributed by atoms with Crippen molar-refractivity contribution in [3.8, 4) is 11.1 Å². The van der Waals surface area contributed by atoms with Crippen LogP contribution in [0, 0.1) is 0 Å². The first-order chi connectivity index (χ1) is 11.7. The van der Waals surface area contributed by atoms with Gasteiger partial charge in [-0.2, -0.15) is 0 Å². The van der Waals surface area contributed by atoms with E-state index in [2.05, 4.69) is 31.2 Å². The summed E-state index contributed by atoms with van der Waals surface area (Å²) in [6, 6.07) is 16.4. The molecule has 0 unspecified atom stereocenters. The molecular weight excluding hydrogens is 296 g/mol. The smallest absolute Gasteiger partial charge is 0.338 e. The molecule has 0 amide bonds. The van der Waals surface area contributed by atoms with Crippen molar-refractivity contribution < 1.29 is 9.53 Å². The van der Waals surface area contributed by atoms with Crippen molar-refractivity contribution in [1.82, 2.24) is 0 Å². The van der Waals surface area contributed by atoms with E-state index in [4.69, 9.17) is 4.74 Å². The Hall–Kier alpha value is -2.09. The van der Waals surface area contributed by atoms with E-state index in [1.165, 1.54) is 43.2 Å². The summed E-state index contributed by atoms with van der Waals surface area (Å²) >= 11 is 0. The van der Waals surface area contributed by atoms with Crippen molar-refractivity contribution in [2.45, 2.75) is 52.4 Å². The predicted molar refractivity (Wildman–Crippen MR) is 100 cm³/mol. The lowest BCUT2D eigenvalue weighted by molar-refractivity contribution is 0.0526. The van der Waals surface area contributed by atoms with Crippen LogP contribution in [-0.2, 0) is 11.2 Å². The molecule has 0 aliphatic carbocycles. The van der Waals surface area contributed by atoms with Gasteiger partial charge in [-0.05, 0) is 48.6 Å². The van der Waals surface area contributed by atoms with Gasteiger partial charge in [-0.1, -0.05) is 69.0 Å². The molecule has 2 aromatic carbocycles. The van der Waals surface area contributed by atoms with Crippen LogP contribution in [0.25, 0.3) is 11.1 Å². The number of hydrogen-bond acceptors (Lipinski definition) is 2. The first-order valence-electron chi connectivity index (χ1n) is 9.11. The van der Waals surface area contributed by atoms with Gasteiger partial charge >= 0.3 is 5.97 Å². The van der Waals surface area contributed by atoms with E-state index >= 15 is 0 Å². The van der Waals surface area contributed by atoms with Crippen molar-refractivity contribution >= 4 is 5.97 Å². The highest BCUT2D eigenvalue weighted by Crippen LogP contribution is 2.21. The molecule has 24 heavy (non-hydrogen) atoms. The van der Waals surface area contributed by atoms with E-state index in [-0.39, 0.29) is 5.97 Å². The SMILES string of the molecule is CCCCCCCc1ccc(-c2ccc(C(=O)OCC)cc2)cc1. The fraction of sp³-hybridized carbons (Fsp3) is 0.409. The predicted octanol–water partition coefficient (Wildman–Crippen LogP) is 6.04. The molecule has 0 saturated heterocycles. The van der Waals surface area contributed by atoms with Crippen molar-refractivity contribution in [1.29, 1.82) is 0 Å². The number of carbonyl (C=O) groups is 1. The molecule has 0 bridgehead atoms. The van der Waals surface area contributed by atoms with Gasteiger partial charge in [-0.3, -0.25) is 0 Å². The summed E-state index contributed by atoms with van der Waals surface area (Å²) in [6.45, 7) is 4.47. The number of hydrogen-bond donors (Lipinski definition) is 0. The van der Waals surface area contributed by atoms with Gasteiger partial charge in [-0.15, -0.1) is 0 Å². The summed E-state index contributed by atoms with van der Waals surface area (Å²) in [4.78, 5) is 11.7. The van der Waals surface area contributed by atoms with Crippen LogP contribution in [0.15, 0.2) is 48.5 Å². The minimum atomic E-state index is -0.262. The van der Waals surface area contributed by atoms with E-state index in [0.717, 1.165) is 12.0 Å². The molecular formula is C22H28O2. The van der Waals surface area contributed by atoms with Crippen molar-refractivity contribution in [3.05, 3.63) is 59.7 Å². The zero-order chi connectivity index (χ0) is 17.2. The Morgan fingerprint density at radius 2 is 1.38 bits per heavy atom. The van der Waals surface area contributed by atoms with Crippen LogP contribution in [0.3, 0.4) is 0 Å². The number of rotatable bonds is 9. The van der Waals surface area contributed by atoms with Crippen LogP contribution in [0.5, 0.6) is 0 Å². The molecule has 128 valence electrons. The second-order valence-electron chi connectivity index (χ2n) is 6.16. The Morgan fingerprint density at radius 3 is 1.96 bits per heavy atom. The fourth-order valence-electron chi connectivity index (χ4n) is 2.81. The average Bonchev–Trinajstić information content (AvgIpc) is 2.62. The van der Waals surface area contributed by atoms with Gasteiger partial charge in [0.1, 0.15) is 0 Å². The van der Waals surface area contributed by atoms with Crippen LogP contribution in [0.2, 0.25) is 0 Å². The molecule has 0 saturated carbocycles. The fourth-order valence-corrected chi connectivity index (χ4v) is 2.81. The first-order valence-corrected chi connectivity index (χ1v) is 9.11. The number of benzene rings is 2. The lowest BCUT2D eigenvalue weighted by Gasteiger charge is -2.06. The molecule has 0 aromatic heterocycles. The van der Waals surface area contributed by atoms with Gasteiger partial charge in [0, 0.05) is 0 Å². The molecule has 2 rings (SSSR count). The van der Waals surface area contributed by atoms with E-state index < -0.39 is 0 Å². The highest BCUT2D eigenvalue weighted by Gasteiger charge is 2.06. The lowest BCUT2D eigenvalue weighted by atomic mass is 10.00. The summed E-state index contributed by atoms with van der Waals surface area (Å²) in [6.07, 6.45) is 7.75. The normalized spacial score (nSPS) is 10.6. The van der Waals surface area contributed by atoms with Gasteiger partial charge in [0.25, 0.3) is 0 Å². The third-order valence-electron chi connectivity index (χ3n) is 4.25. The number of esters is 1. The van der Waals surface area contributed by atoms with Crippen molar-refractivity contribution in [3.63, 3.8) is 0 Å². The Bertz CT molecular complexity index is 611. The summed E-state index contributed by atoms with van der Waals surface area (Å²) in [7, 11) is 0. The van der Waals surface area contributed by atoms with Crippen LogP contribution < -0.4 is 0 Å². The van der Waals surface area contributed by atoms with Crippen molar-refractivity contribution in [2.24, 2.45) is 0 Å². The second kappa shape index (κ2) is 9.92. The standard InChI is InChI=1S/C22H28O2/c1-3-5-6-7-8-9-18-10-12-19(13-11-18)20-14-16-21(17-15-20)22(23)24-4-2/h10-17H,3-9H2,1-2H3. The van der Waals surface area contributed by atoms with Gasteiger partial charge in [0.2, 0.25) is 0 Å². The monoisotopic (exact) mass is 324 g/mol. The van der Waals surface area contributed by atoms with E-state index in [0.29, 0.717) is 12.2 Å². The molecule has 0 spiro atoms. The van der Waals surface area contributed by atoms with Gasteiger partial charge in [-0.25, -0.2) is 4.79 Å². The quantitative estimate of drug-likeness (QED) is 0.415. The molecule has 0 radical (unpaired) electrons. The van der Waals surface area contributed by atoms with Crippen LogP contribution in [0.1, 0.15) is 61.9 Å². The molecule has 2 heteroatoms. The minimum absolute atomic E-state index is 0.262. The number of aryl methyl sites for hydroxylation is 1. The molecule has 2 aromatic rings. The molecule has 0 atom stereocenters. The highest BCUT2D eigenvalue weighted by atomic mass is 16.5.